The van der Waals surface area contributed by atoms with Gasteiger partial charge in [-0.15, -0.1) is 0 Å². The van der Waals surface area contributed by atoms with Crippen molar-refractivity contribution in [2.45, 2.75) is 13.2 Å². The Hall–Kier alpha value is -2.95. The monoisotopic (exact) mass is 558 g/mol. The highest BCUT2D eigenvalue weighted by Crippen LogP contribution is 2.44. The molecule has 12 heteroatoms. The number of urea groups is 1. The standard InChI is InChI=1S/C24H19Cl3F2N2O5/c1-11-17(30-24(33)31-22(32)19-15(28)5-4-6-16(19)29)10-13(23(34-2)35-3)21(20(11)27)36-18-8-7-12(25)9-14(18)26/h4-10,23H,1-3H3,(H2,30,31,32,33). The number of nitrogens with one attached hydrogen (secondary N) is 2. The number of carbonyl (C=O) groups excluding carboxylic acids is 2. The van der Waals surface area contributed by atoms with Crippen LogP contribution < -0.4 is 15.4 Å². The number of hydrogen-bond acceptors (Lipinski definition) is 5. The van der Waals surface area contributed by atoms with Crippen LogP contribution >= 0.6 is 34.8 Å². The van der Waals surface area contributed by atoms with Gasteiger partial charge < -0.3 is 19.5 Å². The first-order chi connectivity index (χ1) is 17.1. The molecule has 3 aromatic carbocycles. The van der Waals surface area contributed by atoms with Crippen LogP contribution in [-0.4, -0.2) is 26.2 Å². The summed E-state index contributed by atoms with van der Waals surface area (Å²) in [5.41, 5.74) is -0.150. The Balaban J connectivity index is 1.95. The lowest BCUT2D eigenvalue weighted by molar-refractivity contribution is -0.106. The Morgan fingerprint density at radius 2 is 1.61 bits per heavy atom. The lowest BCUT2D eigenvalue weighted by Crippen LogP contribution is -2.35. The van der Waals surface area contributed by atoms with Gasteiger partial charge in [-0.2, -0.15) is 0 Å². The number of methoxy groups -OCH3 is 2. The molecule has 0 atom stereocenters. The van der Waals surface area contributed by atoms with Gasteiger partial charge in [0.1, 0.15) is 22.9 Å². The smallest absolute Gasteiger partial charge is 0.326 e. The predicted octanol–water partition coefficient (Wildman–Crippen LogP) is 7.28. The maximum Gasteiger partial charge on any atom is 0.326 e. The minimum atomic E-state index is -1.27. The summed E-state index contributed by atoms with van der Waals surface area (Å²) in [4.78, 5) is 24.8. The van der Waals surface area contributed by atoms with Crippen LogP contribution in [0.2, 0.25) is 15.1 Å². The largest absolute Gasteiger partial charge is 0.454 e. The highest BCUT2D eigenvalue weighted by atomic mass is 35.5. The first-order valence-corrected chi connectivity index (χ1v) is 11.3. The molecule has 190 valence electrons. The van der Waals surface area contributed by atoms with Crippen LogP contribution in [0.1, 0.15) is 27.8 Å². The van der Waals surface area contributed by atoms with Gasteiger partial charge in [0, 0.05) is 24.9 Å². The summed E-state index contributed by atoms with van der Waals surface area (Å²) in [6.07, 6.45) is -0.984. The van der Waals surface area contributed by atoms with E-state index in [9.17, 15) is 18.4 Å². The molecule has 0 fully saturated rings. The molecule has 0 heterocycles. The zero-order valence-corrected chi connectivity index (χ0v) is 21.3. The van der Waals surface area contributed by atoms with Crippen molar-refractivity contribution in [3.05, 3.63) is 85.9 Å². The van der Waals surface area contributed by atoms with Gasteiger partial charge in [-0.3, -0.25) is 10.1 Å². The van der Waals surface area contributed by atoms with Gasteiger partial charge >= 0.3 is 6.03 Å². The Morgan fingerprint density at radius 1 is 0.972 bits per heavy atom. The van der Waals surface area contributed by atoms with Crippen molar-refractivity contribution in [3.63, 3.8) is 0 Å². The fraction of sp³-hybridized carbons (Fsp3) is 0.167. The van der Waals surface area contributed by atoms with Crippen molar-refractivity contribution in [2.75, 3.05) is 19.5 Å². The average Bonchev–Trinajstić information content (AvgIpc) is 2.81. The summed E-state index contributed by atoms with van der Waals surface area (Å²) in [5, 5.41) is 5.00. The molecular weight excluding hydrogens is 541 g/mol. The summed E-state index contributed by atoms with van der Waals surface area (Å²) >= 11 is 18.8. The molecule has 0 radical (unpaired) electrons. The van der Waals surface area contributed by atoms with Gasteiger partial charge in [0.25, 0.3) is 5.91 Å². The molecule has 3 rings (SSSR count). The van der Waals surface area contributed by atoms with E-state index in [1.54, 1.807) is 19.1 Å². The molecule has 2 N–H and O–H groups in total. The van der Waals surface area contributed by atoms with E-state index in [1.807, 2.05) is 5.32 Å². The molecule has 0 aliphatic carbocycles. The Labute approximate surface area is 220 Å². The van der Waals surface area contributed by atoms with Crippen molar-refractivity contribution in [3.8, 4) is 11.5 Å². The molecule has 0 aliphatic heterocycles. The van der Waals surface area contributed by atoms with Crippen LogP contribution in [0.5, 0.6) is 11.5 Å². The van der Waals surface area contributed by atoms with Crippen molar-refractivity contribution in [2.24, 2.45) is 0 Å². The molecule has 3 amide bonds. The second-order valence-electron chi connectivity index (χ2n) is 7.27. The Morgan fingerprint density at radius 3 is 2.19 bits per heavy atom. The summed E-state index contributed by atoms with van der Waals surface area (Å²) in [5.74, 6) is -3.14. The van der Waals surface area contributed by atoms with Crippen molar-refractivity contribution >= 4 is 52.4 Å². The molecule has 0 bridgehead atoms. The van der Waals surface area contributed by atoms with Crippen molar-refractivity contribution in [1.82, 2.24) is 5.32 Å². The highest BCUT2D eigenvalue weighted by molar-refractivity contribution is 6.35. The number of hydrogen-bond donors (Lipinski definition) is 2. The van der Waals surface area contributed by atoms with Gasteiger partial charge in [0.15, 0.2) is 12.0 Å². The van der Waals surface area contributed by atoms with Gasteiger partial charge in [-0.1, -0.05) is 40.9 Å². The molecule has 0 aliphatic rings. The number of benzene rings is 3. The van der Waals surface area contributed by atoms with E-state index in [0.717, 1.165) is 18.2 Å². The number of anilines is 1. The van der Waals surface area contributed by atoms with Gasteiger partial charge in [0.2, 0.25) is 0 Å². The van der Waals surface area contributed by atoms with Crippen LogP contribution in [0, 0.1) is 18.6 Å². The van der Waals surface area contributed by atoms with Gasteiger partial charge in [0.05, 0.1) is 15.6 Å². The zero-order valence-electron chi connectivity index (χ0n) is 19.0. The van der Waals surface area contributed by atoms with Crippen molar-refractivity contribution in [1.29, 1.82) is 0 Å². The number of rotatable bonds is 7. The Kier molecular flexibility index (Phi) is 9.10. The third-order valence-electron chi connectivity index (χ3n) is 4.95. The maximum atomic E-state index is 13.9. The lowest BCUT2D eigenvalue weighted by Gasteiger charge is -2.22. The predicted molar refractivity (Wildman–Crippen MR) is 132 cm³/mol. The third kappa shape index (κ3) is 6.05. The van der Waals surface area contributed by atoms with E-state index in [4.69, 9.17) is 49.0 Å². The minimum Gasteiger partial charge on any atom is -0.454 e. The normalized spacial score (nSPS) is 10.9. The number of carbonyl (C=O) groups is 2. The number of imide groups is 1. The van der Waals surface area contributed by atoms with E-state index in [0.29, 0.717) is 10.6 Å². The highest BCUT2D eigenvalue weighted by Gasteiger charge is 2.25. The van der Waals surface area contributed by atoms with E-state index >= 15 is 0 Å². The first kappa shape index (κ1) is 27.6. The SMILES string of the molecule is COC(OC)c1cc(NC(=O)NC(=O)c2c(F)cccc2F)c(C)c(Cl)c1Oc1ccc(Cl)cc1Cl. The molecule has 0 saturated heterocycles. The minimum absolute atomic E-state index is 0.0689. The fourth-order valence-corrected chi connectivity index (χ4v) is 3.90. The lowest BCUT2D eigenvalue weighted by atomic mass is 10.1. The molecule has 7 nitrogen and oxygen atoms in total. The van der Waals surface area contributed by atoms with Crippen LogP contribution in [0.3, 0.4) is 0 Å². The van der Waals surface area contributed by atoms with E-state index in [2.05, 4.69) is 5.32 Å². The van der Waals surface area contributed by atoms with Crippen molar-refractivity contribution < 1.29 is 32.6 Å². The first-order valence-electron chi connectivity index (χ1n) is 10.1. The van der Waals surface area contributed by atoms with Crippen LogP contribution in [0.15, 0.2) is 42.5 Å². The second kappa shape index (κ2) is 11.9. The fourth-order valence-electron chi connectivity index (χ4n) is 3.21. The summed E-state index contributed by atoms with van der Waals surface area (Å²) in [6.45, 7) is 1.57. The molecular formula is C24H19Cl3F2N2O5. The average molecular weight is 560 g/mol. The zero-order chi connectivity index (χ0) is 26.6. The van der Waals surface area contributed by atoms with E-state index in [-0.39, 0.29) is 32.8 Å². The number of ether oxygens (including phenoxy) is 3. The maximum absolute atomic E-state index is 13.9. The van der Waals surface area contributed by atoms with Gasteiger partial charge in [-0.05, 0) is 48.9 Å². The van der Waals surface area contributed by atoms with Crippen LogP contribution in [0.25, 0.3) is 0 Å². The van der Waals surface area contributed by atoms with Crippen LogP contribution in [0.4, 0.5) is 19.3 Å². The molecule has 0 saturated carbocycles. The summed E-state index contributed by atoms with van der Waals surface area (Å²) in [7, 11) is 2.75. The number of halogens is 5. The molecule has 3 aromatic rings. The topological polar surface area (TPSA) is 85.9 Å². The summed E-state index contributed by atoms with van der Waals surface area (Å²) < 4.78 is 44.4. The molecule has 0 aromatic heterocycles. The van der Waals surface area contributed by atoms with E-state index < -0.39 is 35.4 Å². The number of amides is 3. The summed E-state index contributed by atoms with van der Waals surface area (Å²) in [6, 6.07) is 7.88. The molecule has 0 unspecified atom stereocenters. The van der Waals surface area contributed by atoms with Crippen LogP contribution in [-0.2, 0) is 9.47 Å². The Bertz CT molecular complexity index is 1300. The second-order valence-corrected chi connectivity index (χ2v) is 8.49. The van der Waals surface area contributed by atoms with Gasteiger partial charge in [-0.25, -0.2) is 13.6 Å². The molecule has 36 heavy (non-hydrogen) atoms. The molecule has 0 spiro atoms. The van der Waals surface area contributed by atoms with E-state index in [1.165, 1.54) is 26.4 Å². The quantitative estimate of drug-likeness (QED) is 0.297. The third-order valence-corrected chi connectivity index (χ3v) is 5.93.